The summed E-state index contributed by atoms with van der Waals surface area (Å²) in [5, 5.41) is 3.18. The zero-order valence-electron chi connectivity index (χ0n) is 18.2. The van der Waals surface area contributed by atoms with Gasteiger partial charge >= 0.3 is 0 Å². The van der Waals surface area contributed by atoms with Crippen molar-refractivity contribution in [1.82, 2.24) is 10.2 Å². The molecule has 1 heterocycles. The van der Waals surface area contributed by atoms with Crippen LogP contribution in [0.15, 0.2) is 77.4 Å². The van der Waals surface area contributed by atoms with Gasteiger partial charge in [0, 0.05) is 12.6 Å². The molecule has 6 nitrogen and oxygen atoms in total. The summed E-state index contributed by atoms with van der Waals surface area (Å²) in [5.41, 5.74) is 1.65. The van der Waals surface area contributed by atoms with E-state index in [1.807, 2.05) is 54.6 Å². The largest absolute Gasteiger partial charge is 0.497 e. The van der Waals surface area contributed by atoms with E-state index >= 15 is 0 Å². The van der Waals surface area contributed by atoms with E-state index in [1.165, 1.54) is 6.26 Å². The van der Waals surface area contributed by atoms with Gasteiger partial charge in [-0.05, 0) is 48.2 Å². The van der Waals surface area contributed by atoms with Crippen molar-refractivity contribution >= 4 is 11.8 Å². The normalized spacial score (nSPS) is 14.7. The first-order valence-electron chi connectivity index (χ1n) is 11.0. The Morgan fingerprint density at radius 3 is 2.38 bits per heavy atom. The number of hydrogen-bond donors (Lipinski definition) is 1. The van der Waals surface area contributed by atoms with Crippen molar-refractivity contribution in [1.29, 1.82) is 0 Å². The van der Waals surface area contributed by atoms with E-state index in [2.05, 4.69) is 5.32 Å². The van der Waals surface area contributed by atoms with Gasteiger partial charge in [-0.3, -0.25) is 9.59 Å². The lowest BCUT2D eigenvalue weighted by Crippen LogP contribution is -2.45. The molecule has 0 spiro atoms. The van der Waals surface area contributed by atoms with Gasteiger partial charge in [-0.1, -0.05) is 55.3 Å². The van der Waals surface area contributed by atoms with Crippen molar-refractivity contribution in [3.05, 3.63) is 89.9 Å². The molecular formula is C26H28N2O4. The van der Waals surface area contributed by atoms with E-state index in [4.69, 9.17) is 9.15 Å². The van der Waals surface area contributed by atoms with Crippen LogP contribution >= 0.6 is 0 Å². The van der Waals surface area contributed by atoms with Crippen molar-refractivity contribution in [2.45, 2.75) is 44.3 Å². The highest BCUT2D eigenvalue weighted by Gasteiger charge is 2.34. The lowest BCUT2D eigenvalue weighted by Gasteiger charge is -2.32. The molecular weight excluding hydrogens is 404 g/mol. The maximum atomic E-state index is 13.6. The Bertz CT molecular complexity index is 1010. The lowest BCUT2D eigenvalue weighted by molar-refractivity contribution is -0.126. The van der Waals surface area contributed by atoms with Crippen LogP contribution in [-0.4, -0.2) is 29.9 Å². The number of carbonyl (C=O) groups excluding carboxylic acids is 2. The number of amides is 2. The minimum atomic E-state index is -0.806. The molecule has 166 valence electrons. The predicted octanol–water partition coefficient (Wildman–Crippen LogP) is 4.73. The second-order valence-electron chi connectivity index (χ2n) is 8.06. The number of nitrogens with zero attached hydrogens (tertiary/aromatic N) is 1. The second kappa shape index (κ2) is 10.2. The Kier molecular flexibility index (Phi) is 6.90. The Morgan fingerprint density at radius 1 is 1.03 bits per heavy atom. The van der Waals surface area contributed by atoms with Gasteiger partial charge in [0.1, 0.15) is 11.8 Å². The van der Waals surface area contributed by atoms with Crippen LogP contribution in [0.1, 0.15) is 53.4 Å². The Hall–Kier alpha value is -3.54. The molecule has 6 heteroatoms. The predicted molar refractivity (Wildman–Crippen MR) is 121 cm³/mol. The van der Waals surface area contributed by atoms with E-state index in [-0.39, 0.29) is 30.2 Å². The maximum absolute atomic E-state index is 13.6. The van der Waals surface area contributed by atoms with E-state index in [1.54, 1.807) is 24.1 Å². The molecule has 1 aromatic heterocycles. The Morgan fingerprint density at radius 2 is 1.75 bits per heavy atom. The summed E-state index contributed by atoms with van der Waals surface area (Å²) in [6.07, 6.45) is 5.61. The smallest absolute Gasteiger partial charge is 0.290 e. The highest BCUT2D eigenvalue weighted by molar-refractivity contribution is 5.96. The molecule has 1 fully saturated rings. The summed E-state index contributed by atoms with van der Waals surface area (Å²) >= 11 is 0. The number of carbonyl (C=O) groups is 2. The van der Waals surface area contributed by atoms with Gasteiger partial charge < -0.3 is 19.4 Å². The fourth-order valence-electron chi connectivity index (χ4n) is 4.21. The first kappa shape index (κ1) is 21.7. The van der Waals surface area contributed by atoms with Crippen molar-refractivity contribution in [2.75, 3.05) is 7.11 Å². The molecule has 32 heavy (non-hydrogen) atoms. The zero-order valence-corrected chi connectivity index (χ0v) is 18.2. The van der Waals surface area contributed by atoms with Crippen molar-refractivity contribution in [2.24, 2.45) is 0 Å². The average Bonchev–Trinajstić information content (AvgIpc) is 3.54. The quantitative estimate of drug-likeness (QED) is 0.559. The second-order valence-corrected chi connectivity index (χ2v) is 8.06. The van der Waals surface area contributed by atoms with Crippen LogP contribution in [0.4, 0.5) is 0 Å². The number of ether oxygens (including phenoxy) is 1. The summed E-state index contributed by atoms with van der Waals surface area (Å²) in [5.74, 6) is 0.378. The summed E-state index contributed by atoms with van der Waals surface area (Å²) in [7, 11) is 1.60. The molecule has 0 bridgehead atoms. The molecule has 0 aliphatic heterocycles. The van der Waals surface area contributed by atoms with Crippen molar-refractivity contribution < 1.29 is 18.7 Å². The van der Waals surface area contributed by atoms with Crippen LogP contribution in [0.3, 0.4) is 0 Å². The molecule has 2 aromatic carbocycles. The monoisotopic (exact) mass is 432 g/mol. The highest BCUT2D eigenvalue weighted by Crippen LogP contribution is 2.29. The third kappa shape index (κ3) is 5.02. The van der Waals surface area contributed by atoms with Gasteiger partial charge in [-0.25, -0.2) is 0 Å². The molecule has 3 aromatic rings. The van der Waals surface area contributed by atoms with E-state index in [0.717, 1.165) is 36.8 Å². The number of benzene rings is 2. The Labute approximate surface area is 188 Å². The molecule has 0 unspecified atom stereocenters. The summed E-state index contributed by atoms with van der Waals surface area (Å²) in [6.45, 7) is 0.273. The number of nitrogens with one attached hydrogen (secondary N) is 1. The van der Waals surface area contributed by atoms with Gasteiger partial charge in [0.05, 0.1) is 13.4 Å². The van der Waals surface area contributed by atoms with Gasteiger partial charge in [0.15, 0.2) is 5.76 Å². The van der Waals surface area contributed by atoms with Gasteiger partial charge in [0.2, 0.25) is 5.91 Å². The Balaban J connectivity index is 1.72. The summed E-state index contributed by atoms with van der Waals surface area (Å²) in [6, 6.07) is 19.6. The van der Waals surface area contributed by atoms with Gasteiger partial charge in [0.25, 0.3) is 5.91 Å². The molecule has 0 saturated heterocycles. The fourth-order valence-corrected chi connectivity index (χ4v) is 4.21. The number of rotatable bonds is 8. The number of furan rings is 1. The van der Waals surface area contributed by atoms with E-state index < -0.39 is 6.04 Å². The minimum Gasteiger partial charge on any atom is -0.497 e. The zero-order chi connectivity index (χ0) is 22.3. The first-order valence-corrected chi connectivity index (χ1v) is 11.0. The molecule has 1 N–H and O–H groups in total. The third-order valence-corrected chi connectivity index (χ3v) is 5.88. The molecule has 1 aliphatic carbocycles. The van der Waals surface area contributed by atoms with E-state index in [0.29, 0.717) is 5.75 Å². The molecule has 1 aliphatic rings. The van der Waals surface area contributed by atoms with Crippen LogP contribution in [0.2, 0.25) is 0 Å². The fraction of sp³-hybridized carbons (Fsp3) is 0.308. The molecule has 1 saturated carbocycles. The minimum absolute atomic E-state index is 0.139. The summed E-state index contributed by atoms with van der Waals surface area (Å²) in [4.78, 5) is 28.7. The third-order valence-electron chi connectivity index (χ3n) is 5.88. The highest BCUT2D eigenvalue weighted by atomic mass is 16.5. The van der Waals surface area contributed by atoms with Crippen molar-refractivity contribution in [3.8, 4) is 5.75 Å². The molecule has 0 radical (unpaired) electrons. The van der Waals surface area contributed by atoms with Gasteiger partial charge in [-0.2, -0.15) is 0 Å². The number of hydrogen-bond acceptors (Lipinski definition) is 4. The van der Waals surface area contributed by atoms with E-state index in [9.17, 15) is 9.59 Å². The van der Waals surface area contributed by atoms with Crippen LogP contribution in [0.25, 0.3) is 0 Å². The van der Waals surface area contributed by atoms with Crippen LogP contribution in [0.5, 0.6) is 5.75 Å². The lowest BCUT2D eigenvalue weighted by atomic mass is 10.0. The number of methoxy groups -OCH3 is 1. The average molecular weight is 433 g/mol. The SMILES string of the molecule is COc1ccc([C@H](C(=O)NC2CCCC2)N(Cc2ccccc2)C(=O)c2ccco2)cc1. The maximum Gasteiger partial charge on any atom is 0.290 e. The molecule has 2 amide bonds. The molecule has 4 rings (SSSR count). The van der Waals surface area contributed by atoms with Crippen molar-refractivity contribution in [3.63, 3.8) is 0 Å². The standard InChI is InChI=1S/C26H28N2O4/c1-31-22-15-13-20(14-16-22)24(25(29)27-21-10-5-6-11-21)28(18-19-8-3-2-4-9-19)26(30)23-12-7-17-32-23/h2-4,7-9,12-17,21,24H,5-6,10-11,18H2,1H3,(H,27,29)/t24-/m1/s1. The first-order chi connectivity index (χ1) is 15.7. The summed E-state index contributed by atoms with van der Waals surface area (Å²) < 4.78 is 10.7. The topological polar surface area (TPSA) is 71.8 Å². The molecule has 1 atom stereocenters. The van der Waals surface area contributed by atoms with Gasteiger partial charge in [-0.15, -0.1) is 0 Å². The van der Waals surface area contributed by atoms with Crippen LogP contribution in [0, 0.1) is 0 Å². The van der Waals surface area contributed by atoms with Crippen LogP contribution in [-0.2, 0) is 11.3 Å². The van der Waals surface area contributed by atoms with Crippen LogP contribution < -0.4 is 10.1 Å².